The van der Waals surface area contributed by atoms with Gasteiger partial charge in [0.1, 0.15) is 6.04 Å². The topological polar surface area (TPSA) is 67.9 Å². The Morgan fingerprint density at radius 2 is 1.50 bits per heavy atom. The van der Waals surface area contributed by atoms with Crippen molar-refractivity contribution < 1.29 is 19.1 Å². The van der Waals surface area contributed by atoms with Gasteiger partial charge in [-0.1, -0.05) is 71.7 Å². The Balaban J connectivity index is 1.97. The van der Waals surface area contributed by atoms with Crippen LogP contribution in [0.3, 0.4) is 0 Å². The standard InChI is InChI=1S/C28H30Cl2N2O4/c1-19(2)31-28(34)24(16-20-10-5-4-6-11-20)32(17-21-22(29)12-9-13-23(21)30)27(33)18-36-26-15-8-7-14-25(26)35-3/h4-15,19,24H,16-18H2,1-3H3,(H,31,34)/t24-/m0/s1. The maximum atomic E-state index is 13.7. The Bertz CT molecular complexity index is 1150. The highest BCUT2D eigenvalue weighted by Crippen LogP contribution is 2.28. The van der Waals surface area contributed by atoms with Gasteiger partial charge in [-0.3, -0.25) is 9.59 Å². The third-order valence-electron chi connectivity index (χ3n) is 5.51. The van der Waals surface area contributed by atoms with E-state index in [2.05, 4.69) is 5.32 Å². The van der Waals surface area contributed by atoms with Gasteiger partial charge >= 0.3 is 0 Å². The van der Waals surface area contributed by atoms with Gasteiger partial charge in [-0.25, -0.2) is 0 Å². The second-order valence-corrected chi connectivity index (χ2v) is 9.34. The first-order chi connectivity index (χ1) is 17.3. The quantitative estimate of drug-likeness (QED) is 0.354. The molecule has 0 aliphatic carbocycles. The van der Waals surface area contributed by atoms with E-state index in [1.807, 2.05) is 50.2 Å². The van der Waals surface area contributed by atoms with Crippen LogP contribution in [0, 0.1) is 0 Å². The summed E-state index contributed by atoms with van der Waals surface area (Å²) in [5.41, 5.74) is 1.47. The number of carbonyl (C=O) groups is 2. The zero-order valence-corrected chi connectivity index (χ0v) is 22.1. The molecule has 3 rings (SSSR count). The number of halogens is 2. The molecule has 0 fully saturated rings. The Morgan fingerprint density at radius 1 is 0.889 bits per heavy atom. The Kier molecular flexibility index (Phi) is 10.0. The fourth-order valence-corrected chi connectivity index (χ4v) is 4.27. The van der Waals surface area contributed by atoms with E-state index in [1.54, 1.807) is 36.4 Å². The Hall–Kier alpha value is -3.22. The molecule has 2 amide bonds. The lowest BCUT2D eigenvalue weighted by Gasteiger charge is -2.32. The molecule has 0 saturated heterocycles. The second-order valence-electron chi connectivity index (χ2n) is 8.53. The van der Waals surface area contributed by atoms with Crippen LogP contribution in [0.15, 0.2) is 72.8 Å². The molecule has 1 N–H and O–H groups in total. The first kappa shape index (κ1) is 27.4. The molecule has 190 valence electrons. The highest BCUT2D eigenvalue weighted by Gasteiger charge is 2.32. The number of para-hydroxylation sites is 2. The monoisotopic (exact) mass is 528 g/mol. The summed E-state index contributed by atoms with van der Waals surface area (Å²) in [7, 11) is 1.53. The molecule has 0 radical (unpaired) electrons. The van der Waals surface area contributed by atoms with E-state index in [9.17, 15) is 9.59 Å². The predicted molar refractivity (Wildman–Crippen MR) is 143 cm³/mol. The maximum absolute atomic E-state index is 13.7. The zero-order valence-electron chi connectivity index (χ0n) is 20.5. The van der Waals surface area contributed by atoms with Gasteiger partial charge in [0.05, 0.1) is 7.11 Å². The lowest BCUT2D eigenvalue weighted by Crippen LogP contribution is -2.52. The molecule has 0 bridgehead atoms. The van der Waals surface area contributed by atoms with E-state index >= 15 is 0 Å². The summed E-state index contributed by atoms with van der Waals surface area (Å²) in [6.45, 7) is 3.48. The maximum Gasteiger partial charge on any atom is 0.261 e. The van der Waals surface area contributed by atoms with Crippen molar-refractivity contribution in [1.29, 1.82) is 0 Å². The highest BCUT2D eigenvalue weighted by molar-refractivity contribution is 6.36. The summed E-state index contributed by atoms with van der Waals surface area (Å²) in [5.74, 6) is 0.263. The molecule has 1 atom stereocenters. The molecule has 0 saturated carbocycles. The number of hydrogen-bond acceptors (Lipinski definition) is 4. The van der Waals surface area contributed by atoms with E-state index in [0.717, 1.165) is 5.56 Å². The molecule has 3 aromatic rings. The van der Waals surface area contributed by atoms with Crippen LogP contribution in [-0.4, -0.2) is 42.5 Å². The lowest BCUT2D eigenvalue weighted by atomic mass is 10.0. The number of amides is 2. The molecule has 8 heteroatoms. The molecule has 36 heavy (non-hydrogen) atoms. The molecule has 6 nitrogen and oxygen atoms in total. The van der Waals surface area contributed by atoms with Crippen molar-refractivity contribution in [3.63, 3.8) is 0 Å². The van der Waals surface area contributed by atoms with Crippen molar-refractivity contribution >= 4 is 35.0 Å². The number of benzene rings is 3. The Morgan fingerprint density at radius 3 is 2.11 bits per heavy atom. The molecule has 0 aliphatic rings. The number of carbonyl (C=O) groups excluding carboxylic acids is 2. The average Bonchev–Trinajstić information content (AvgIpc) is 2.86. The molecule has 0 spiro atoms. The summed E-state index contributed by atoms with van der Waals surface area (Å²) in [6, 6.07) is 20.8. The van der Waals surface area contributed by atoms with Gasteiger partial charge in [-0.15, -0.1) is 0 Å². The summed E-state index contributed by atoms with van der Waals surface area (Å²) in [4.78, 5) is 28.5. The minimum Gasteiger partial charge on any atom is -0.493 e. The van der Waals surface area contributed by atoms with Gasteiger partial charge in [-0.05, 0) is 43.7 Å². The smallest absolute Gasteiger partial charge is 0.261 e. The molecule has 0 heterocycles. The highest BCUT2D eigenvalue weighted by atomic mass is 35.5. The van der Waals surface area contributed by atoms with Crippen molar-refractivity contribution in [3.8, 4) is 11.5 Å². The van der Waals surface area contributed by atoms with Crippen molar-refractivity contribution in [3.05, 3.63) is 94.0 Å². The molecular formula is C28H30Cl2N2O4. The van der Waals surface area contributed by atoms with Gasteiger partial charge in [0, 0.05) is 34.6 Å². The van der Waals surface area contributed by atoms with Crippen molar-refractivity contribution in [2.24, 2.45) is 0 Å². The number of ether oxygens (including phenoxy) is 2. The first-order valence-electron chi connectivity index (χ1n) is 11.6. The van der Waals surface area contributed by atoms with Crippen LogP contribution in [0.5, 0.6) is 11.5 Å². The molecule has 0 aromatic heterocycles. The summed E-state index contributed by atoms with van der Waals surface area (Å²) < 4.78 is 11.1. The average molecular weight is 529 g/mol. The van der Waals surface area contributed by atoms with Crippen LogP contribution in [0.25, 0.3) is 0 Å². The molecule has 0 aliphatic heterocycles. The van der Waals surface area contributed by atoms with E-state index in [1.165, 1.54) is 12.0 Å². The lowest BCUT2D eigenvalue weighted by molar-refractivity contribution is -0.143. The van der Waals surface area contributed by atoms with Crippen LogP contribution in [0.1, 0.15) is 25.0 Å². The summed E-state index contributed by atoms with van der Waals surface area (Å²) in [6.07, 6.45) is 0.307. The molecular weight excluding hydrogens is 499 g/mol. The second kappa shape index (κ2) is 13.2. The van der Waals surface area contributed by atoms with Crippen molar-refractivity contribution in [2.45, 2.75) is 38.9 Å². The Labute approximate surface area is 222 Å². The van der Waals surface area contributed by atoms with E-state index < -0.39 is 11.9 Å². The number of nitrogens with one attached hydrogen (secondary N) is 1. The van der Waals surface area contributed by atoms with Gasteiger partial charge in [0.25, 0.3) is 5.91 Å². The van der Waals surface area contributed by atoms with Crippen LogP contribution in [0.4, 0.5) is 0 Å². The van der Waals surface area contributed by atoms with Crippen LogP contribution in [0.2, 0.25) is 10.0 Å². The normalized spacial score (nSPS) is 11.6. The third-order valence-corrected chi connectivity index (χ3v) is 6.22. The van der Waals surface area contributed by atoms with Gasteiger partial charge < -0.3 is 19.7 Å². The predicted octanol–water partition coefficient (Wildman–Crippen LogP) is 5.55. The van der Waals surface area contributed by atoms with Crippen molar-refractivity contribution in [2.75, 3.05) is 13.7 Å². The largest absolute Gasteiger partial charge is 0.493 e. The fourth-order valence-electron chi connectivity index (χ4n) is 3.75. The number of methoxy groups -OCH3 is 1. The van der Waals surface area contributed by atoms with Crippen molar-refractivity contribution in [1.82, 2.24) is 10.2 Å². The van der Waals surface area contributed by atoms with E-state index in [-0.39, 0.29) is 25.1 Å². The van der Waals surface area contributed by atoms with Gasteiger partial charge in [0.15, 0.2) is 18.1 Å². The number of rotatable bonds is 11. The van der Waals surface area contributed by atoms with E-state index in [0.29, 0.717) is 33.5 Å². The first-order valence-corrected chi connectivity index (χ1v) is 12.4. The SMILES string of the molecule is COc1ccccc1OCC(=O)N(Cc1c(Cl)cccc1Cl)[C@@H](Cc1ccccc1)C(=O)NC(C)C. The van der Waals surface area contributed by atoms with Crippen LogP contribution < -0.4 is 14.8 Å². The molecule has 0 unspecified atom stereocenters. The molecule has 3 aromatic carbocycles. The summed E-state index contributed by atoms with van der Waals surface area (Å²) >= 11 is 12.9. The third kappa shape index (κ3) is 7.39. The summed E-state index contributed by atoms with van der Waals surface area (Å²) in [5, 5.41) is 3.77. The number of hydrogen-bond donors (Lipinski definition) is 1. The fraction of sp³-hybridized carbons (Fsp3) is 0.286. The van der Waals surface area contributed by atoms with E-state index in [4.69, 9.17) is 32.7 Å². The van der Waals surface area contributed by atoms with Gasteiger partial charge in [0.2, 0.25) is 5.91 Å². The van der Waals surface area contributed by atoms with Crippen LogP contribution >= 0.6 is 23.2 Å². The minimum absolute atomic E-state index is 0.0373. The zero-order chi connectivity index (χ0) is 26.1. The van der Waals surface area contributed by atoms with Gasteiger partial charge in [-0.2, -0.15) is 0 Å². The number of nitrogens with zero attached hydrogens (tertiary/aromatic N) is 1. The van der Waals surface area contributed by atoms with Crippen LogP contribution in [-0.2, 0) is 22.6 Å². The minimum atomic E-state index is -0.823.